The Bertz CT molecular complexity index is 1430. The minimum absolute atomic E-state index is 0.0162. The summed E-state index contributed by atoms with van der Waals surface area (Å²) < 4.78 is 35.8. The van der Waals surface area contributed by atoms with Gasteiger partial charge in [-0.05, 0) is 55.7 Å². The minimum Gasteiger partial charge on any atom is -0.492 e. The Morgan fingerprint density at radius 3 is 2.39 bits per heavy atom. The third-order valence-electron chi connectivity index (χ3n) is 8.72. The molecule has 2 N–H and O–H groups in total. The maximum Gasteiger partial charge on any atom is 0.252 e. The Kier molecular flexibility index (Phi) is 10.2. The molecule has 44 heavy (non-hydrogen) atoms. The van der Waals surface area contributed by atoms with Crippen molar-refractivity contribution >= 4 is 33.1 Å². The molecule has 2 amide bonds. The summed E-state index contributed by atoms with van der Waals surface area (Å²) in [5, 5.41) is 5.95. The molecule has 1 atom stereocenters. The quantitative estimate of drug-likeness (QED) is 0.407. The number of anilines is 1. The van der Waals surface area contributed by atoms with Crippen LogP contribution in [-0.4, -0.2) is 101 Å². The number of benzene rings is 2. The summed E-state index contributed by atoms with van der Waals surface area (Å²) in [5.74, 6) is -0.226. The summed E-state index contributed by atoms with van der Waals surface area (Å²) in [7, 11) is -3.48. The predicted octanol–water partition coefficient (Wildman–Crippen LogP) is 2.20. The molecule has 12 heteroatoms. The molecule has 2 heterocycles. The van der Waals surface area contributed by atoms with E-state index in [0.717, 1.165) is 58.4 Å². The Morgan fingerprint density at radius 2 is 1.70 bits per heavy atom. The van der Waals surface area contributed by atoms with Crippen LogP contribution in [-0.2, 0) is 24.2 Å². The highest BCUT2D eigenvalue weighted by molar-refractivity contribution is 7.90. The number of amides is 2. The van der Waals surface area contributed by atoms with Crippen LogP contribution in [0.3, 0.4) is 0 Å². The molecule has 0 aromatic heterocycles. The van der Waals surface area contributed by atoms with Crippen molar-refractivity contribution in [3.05, 3.63) is 54.1 Å². The lowest BCUT2D eigenvalue weighted by Crippen LogP contribution is -2.63. The molecule has 11 nitrogen and oxygen atoms in total. The number of hydrogen-bond donors (Lipinski definition) is 2. The fourth-order valence-corrected chi connectivity index (χ4v) is 7.09. The number of piperidine rings is 1. The lowest BCUT2D eigenvalue weighted by atomic mass is 9.80. The average Bonchev–Trinajstić information content (AvgIpc) is 3.03. The molecular weight excluding hydrogens is 584 g/mol. The topological polar surface area (TPSA) is 134 Å². The number of carbonyl (C=O) groups excluding carboxylic acids is 3. The van der Waals surface area contributed by atoms with Gasteiger partial charge >= 0.3 is 0 Å². The summed E-state index contributed by atoms with van der Waals surface area (Å²) in [5.41, 5.74) is -0.196. The molecule has 2 aliphatic heterocycles. The molecule has 0 spiro atoms. The van der Waals surface area contributed by atoms with Gasteiger partial charge in [0.25, 0.3) is 5.91 Å². The Balaban J connectivity index is 1.18. The van der Waals surface area contributed by atoms with E-state index in [2.05, 4.69) is 15.5 Å². The first-order valence-corrected chi connectivity index (χ1v) is 17.3. The van der Waals surface area contributed by atoms with E-state index in [4.69, 9.17) is 9.47 Å². The maximum absolute atomic E-state index is 13.7. The molecule has 2 aromatic rings. The molecule has 1 saturated carbocycles. The lowest BCUT2D eigenvalue weighted by molar-refractivity contribution is -0.133. The summed E-state index contributed by atoms with van der Waals surface area (Å²) in [6.07, 6.45) is 5.01. The number of carbonyl (C=O) groups is 3. The third kappa shape index (κ3) is 7.77. The number of nitrogens with zero attached hydrogens (tertiary/aromatic N) is 2. The molecule has 0 bridgehead atoms. The molecule has 1 aliphatic carbocycles. The van der Waals surface area contributed by atoms with Gasteiger partial charge in [0, 0.05) is 38.0 Å². The van der Waals surface area contributed by atoms with Crippen LogP contribution >= 0.6 is 0 Å². The number of ether oxygens (including phenoxy) is 2. The van der Waals surface area contributed by atoms with Gasteiger partial charge in [-0.15, -0.1) is 0 Å². The number of Topliss-reactive ketones (excluding diaryl/α,β-unsaturated/α-hetero) is 1. The molecule has 0 radical (unpaired) electrons. The summed E-state index contributed by atoms with van der Waals surface area (Å²) in [4.78, 5) is 44.5. The lowest BCUT2D eigenvalue weighted by Gasteiger charge is -2.39. The Hall–Kier alpha value is -3.48. The van der Waals surface area contributed by atoms with E-state index in [1.54, 1.807) is 47.4 Å². The van der Waals surface area contributed by atoms with Crippen LogP contribution < -0.4 is 20.3 Å². The van der Waals surface area contributed by atoms with Gasteiger partial charge in [0.1, 0.15) is 17.9 Å². The summed E-state index contributed by atoms with van der Waals surface area (Å²) in [6, 6.07) is 12.8. The van der Waals surface area contributed by atoms with Gasteiger partial charge in [0.05, 0.1) is 36.4 Å². The monoisotopic (exact) mass is 626 g/mol. The number of morpholine rings is 1. The molecule has 5 rings (SSSR count). The smallest absolute Gasteiger partial charge is 0.252 e. The van der Waals surface area contributed by atoms with Crippen molar-refractivity contribution in [3.8, 4) is 5.75 Å². The summed E-state index contributed by atoms with van der Waals surface area (Å²) >= 11 is 0. The van der Waals surface area contributed by atoms with Crippen molar-refractivity contribution in [1.29, 1.82) is 0 Å². The normalized spacial score (nSPS) is 21.0. The van der Waals surface area contributed by atoms with Crippen LogP contribution in [0.5, 0.6) is 5.75 Å². The summed E-state index contributed by atoms with van der Waals surface area (Å²) in [6.45, 7) is 5.00. The van der Waals surface area contributed by atoms with E-state index in [1.807, 2.05) is 0 Å². The van der Waals surface area contributed by atoms with Crippen molar-refractivity contribution < 1.29 is 32.3 Å². The van der Waals surface area contributed by atoms with Gasteiger partial charge in [-0.25, -0.2) is 8.42 Å². The molecule has 1 unspecified atom stereocenters. The van der Waals surface area contributed by atoms with E-state index in [1.165, 1.54) is 6.07 Å². The number of ketones is 1. The SMILES string of the molecule is CS(=O)(=O)c1ccccc1N1CCC(NC(=O)C2(NC(=O)c3ccc(OCCN4CCOCC4)cc3)CCCCC2)C(=O)C1. The van der Waals surface area contributed by atoms with Crippen LogP contribution in [0.4, 0.5) is 5.69 Å². The van der Waals surface area contributed by atoms with Crippen molar-refractivity contribution in [3.63, 3.8) is 0 Å². The van der Waals surface area contributed by atoms with Gasteiger partial charge in [0.15, 0.2) is 15.6 Å². The van der Waals surface area contributed by atoms with E-state index in [9.17, 15) is 22.8 Å². The van der Waals surface area contributed by atoms with Gasteiger partial charge in [-0.3, -0.25) is 19.3 Å². The standard InChI is InChI=1S/C32H42N4O7S/c1-44(40,41)29-8-4-3-7-27(29)36-16-13-26(28(37)23-36)33-31(39)32(14-5-2-6-15-32)34-30(38)24-9-11-25(12-10-24)43-22-19-35-17-20-42-21-18-35/h3-4,7-12,26H,2,5-6,13-23H2,1H3,(H,33,39)(H,34,38). The zero-order chi connectivity index (χ0) is 31.2. The van der Waals surface area contributed by atoms with Crippen LogP contribution in [0, 0.1) is 0 Å². The average molecular weight is 627 g/mol. The van der Waals surface area contributed by atoms with Crippen molar-refractivity contribution in [2.45, 2.75) is 55.0 Å². The van der Waals surface area contributed by atoms with Crippen molar-refractivity contribution in [1.82, 2.24) is 15.5 Å². The van der Waals surface area contributed by atoms with Crippen molar-refractivity contribution in [2.24, 2.45) is 0 Å². The predicted molar refractivity (Wildman–Crippen MR) is 166 cm³/mol. The van der Waals surface area contributed by atoms with E-state index in [-0.39, 0.29) is 29.0 Å². The fourth-order valence-electron chi connectivity index (χ4n) is 6.18. The van der Waals surface area contributed by atoms with E-state index >= 15 is 0 Å². The van der Waals surface area contributed by atoms with Gasteiger partial charge < -0.3 is 25.0 Å². The second kappa shape index (κ2) is 14.1. The fraction of sp³-hybridized carbons (Fsp3) is 0.531. The molecule has 2 saturated heterocycles. The van der Waals surface area contributed by atoms with Gasteiger partial charge in [0.2, 0.25) is 5.91 Å². The highest BCUT2D eigenvalue weighted by Crippen LogP contribution is 2.31. The maximum atomic E-state index is 13.7. The molecule has 2 aromatic carbocycles. The number of rotatable bonds is 10. The van der Waals surface area contributed by atoms with Crippen molar-refractivity contribution in [2.75, 3.05) is 63.7 Å². The zero-order valence-corrected chi connectivity index (χ0v) is 26.1. The molecular formula is C32H42N4O7S. The van der Waals surface area contributed by atoms with Crippen LogP contribution in [0.2, 0.25) is 0 Å². The minimum atomic E-state index is -3.48. The number of sulfone groups is 1. The van der Waals surface area contributed by atoms with Gasteiger partial charge in [-0.1, -0.05) is 31.4 Å². The second-order valence-electron chi connectivity index (χ2n) is 11.9. The van der Waals surface area contributed by atoms with Gasteiger partial charge in [-0.2, -0.15) is 0 Å². The Labute approximate surface area is 259 Å². The largest absolute Gasteiger partial charge is 0.492 e. The number of hydrogen-bond acceptors (Lipinski definition) is 9. The second-order valence-corrected chi connectivity index (χ2v) is 13.9. The van der Waals surface area contributed by atoms with Crippen LogP contribution in [0.1, 0.15) is 48.9 Å². The molecule has 238 valence electrons. The zero-order valence-electron chi connectivity index (χ0n) is 25.3. The van der Waals surface area contributed by atoms with E-state index in [0.29, 0.717) is 49.4 Å². The number of para-hydroxylation sites is 1. The highest BCUT2D eigenvalue weighted by Gasteiger charge is 2.43. The first-order chi connectivity index (χ1) is 21.1. The highest BCUT2D eigenvalue weighted by atomic mass is 32.2. The van der Waals surface area contributed by atoms with Crippen LogP contribution in [0.25, 0.3) is 0 Å². The van der Waals surface area contributed by atoms with Crippen LogP contribution in [0.15, 0.2) is 53.4 Å². The third-order valence-corrected chi connectivity index (χ3v) is 9.87. The first kappa shape index (κ1) is 31.9. The molecule has 3 fully saturated rings. The Morgan fingerprint density at radius 1 is 1.00 bits per heavy atom. The first-order valence-electron chi connectivity index (χ1n) is 15.4. The number of nitrogens with one attached hydrogen (secondary N) is 2. The molecule has 3 aliphatic rings. The van der Waals surface area contributed by atoms with E-state index < -0.39 is 21.4 Å².